The number of nitrogens with one attached hydrogen (secondary N) is 2. The Hall–Kier alpha value is -1.26. The Morgan fingerprint density at radius 3 is 2.18 bits per heavy atom. The number of rotatable bonds is 7. The number of hydrogen-bond donors (Lipinski definition) is 2. The molecule has 5 nitrogen and oxygen atoms in total. The standard InChI is InChI=1S/C12H25N3O2/c1-5-15(6-2)12(17)13-8-7-11(16)14-9-10(3)4/h10H,5-9H2,1-4H3,(H,13,17)(H,14,16). The van der Waals surface area contributed by atoms with Crippen LogP contribution in [0.25, 0.3) is 0 Å². The van der Waals surface area contributed by atoms with Crippen LogP contribution in [0.4, 0.5) is 4.79 Å². The molecule has 17 heavy (non-hydrogen) atoms. The summed E-state index contributed by atoms with van der Waals surface area (Å²) in [7, 11) is 0. The van der Waals surface area contributed by atoms with Crippen LogP contribution in [0.15, 0.2) is 0 Å². The molecule has 0 heterocycles. The van der Waals surface area contributed by atoms with Crippen LogP contribution < -0.4 is 10.6 Å². The maximum atomic E-state index is 11.5. The molecule has 0 aromatic heterocycles. The zero-order chi connectivity index (χ0) is 13.3. The summed E-state index contributed by atoms with van der Waals surface area (Å²) in [5.74, 6) is 0.433. The molecule has 3 amide bonds. The lowest BCUT2D eigenvalue weighted by Gasteiger charge is -2.19. The Balaban J connectivity index is 3.69. The molecule has 0 saturated heterocycles. The molecule has 0 aliphatic carbocycles. The van der Waals surface area contributed by atoms with Gasteiger partial charge in [-0.2, -0.15) is 0 Å². The van der Waals surface area contributed by atoms with Gasteiger partial charge >= 0.3 is 6.03 Å². The molecule has 0 atom stereocenters. The van der Waals surface area contributed by atoms with Gasteiger partial charge in [-0.25, -0.2) is 4.79 Å². The van der Waals surface area contributed by atoms with E-state index >= 15 is 0 Å². The molecule has 100 valence electrons. The summed E-state index contributed by atoms with van der Waals surface area (Å²) in [6.07, 6.45) is 0.333. The second-order valence-electron chi connectivity index (χ2n) is 4.35. The van der Waals surface area contributed by atoms with Crippen molar-refractivity contribution in [1.82, 2.24) is 15.5 Å². The highest BCUT2D eigenvalue weighted by Gasteiger charge is 2.09. The molecular formula is C12H25N3O2. The molecule has 0 radical (unpaired) electrons. The highest BCUT2D eigenvalue weighted by Crippen LogP contribution is 1.90. The van der Waals surface area contributed by atoms with E-state index in [0.29, 0.717) is 38.5 Å². The molecule has 0 aromatic carbocycles. The molecule has 0 aromatic rings. The van der Waals surface area contributed by atoms with Crippen LogP contribution in [0.1, 0.15) is 34.1 Å². The van der Waals surface area contributed by atoms with Crippen LogP contribution in [-0.2, 0) is 4.79 Å². The van der Waals surface area contributed by atoms with Crippen LogP contribution >= 0.6 is 0 Å². The van der Waals surface area contributed by atoms with Crippen molar-refractivity contribution in [3.8, 4) is 0 Å². The van der Waals surface area contributed by atoms with Crippen LogP contribution in [0.2, 0.25) is 0 Å². The van der Waals surface area contributed by atoms with Gasteiger partial charge in [0.25, 0.3) is 0 Å². The summed E-state index contributed by atoms with van der Waals surface area (Å²) < 4.78 is 0. The lowest BCUT2D eigenvalue weighted by atomic mass is 10.2. The molecule has 0 unspecified atom stereocenters. The van der Waals surface area contributed by atoms with Crippen molar-refractivity contribution >= 4 is 11.9 Å². The van der Waals surface area contributed by atoms with Gasteiger partial charge in [0.05, 0.1) is 0 Å². The third-order valence-electron chi connectivity index (χ3n) is 2.39. The van der Waals surface area contributed by atoms with Gasteiger partial charge in [-0.15, -0.1) is 0 Å². The number of nitrogens with zero attached hydrogens (tertiary/aromatic N) is 1. The molecule has 0 aliphatic rings. The number of hydrogen-bond acceptors (Lipinski definition) is 2. The molecule has 0 bridgehead atoms. The number of carbonyl (C=O) groups is 2. The first-order valence-corrected chi connectivity index (χ1v) is 6.30. The topological polar surface area (TPSA) is 61.4 Å². The van der Waals surface area contributed by atoms with E-state index in [1.165, 1.54) is 0 Å². The lowest BCUT2D eigenvalue weighted by molar-refractivity contribution is -0.121. The fourth-order valence-electron chi connectivity index (χ4n) is 1.31. The van der Waals surface area contributed by atoms with Crippen LogP contribution in [0.3, 0.4) is 0 Å². The summed E-state index contributed by atoms with van der Waals surface area (Å²) in [5, 5.41) is 5.54. The quantitative estimate of drug-likeness (QED) is 0.706. The van der Waals surface area contributed by atoms with Crippen molar-refractivity contribution in [1.29, 1.82) is 0 Å². The second-order valence-corrected chi connectivity index (χ2v) is 4.35. The van der Waals surface area contributed by atoms with E-state index in [-0.39, 0.29) is 11.9 Å². The van der Waals surface area contributed by atoms with Gasteiger partial charge in [-0.05, 0) is 19.8 Å². The van der Waals surface area contributed by atoms with Crippen LogP contribution in [-0.4, -0.2) is 43.0 Å². The fourth-order valence-corrected chi connectivity index (χ4v) is 1.31. The minimum Gasteiger partial charge on any atom is -0.356 e. The van der Waals surface area contributed by atoms with E-state index in [0.717, 1.165) is 0 Å². The minimum atomic E-state index is -0.105. The molecule has 0 spiro atoms. The van der Waals surface area contributed by atoms with E-state index in [1.807, 2.05) is 27.7 Å². The van der Waals surface area contributed by atoms with E-state index in [9.17, 15) is 9.59 Å². The average molecular weight is 243 g/mol. The van der Waals surface area contributed by atoms with Crippen molar-refractivity contribution in [3.63, 3.8) is 0 Å². The maximum Gasteiger partial charge on any atom is 0.317 e. The average Bonchev–Trinajstić information content (AvgIpc) is 2.28. The molecule has 0 rings (SSSR count). The first-order valence-electron chi connectivity index (χ1n) is 6.30. The van der Waals surface area contributed by atoms with E-state index in [2.05, 4.69) is 10.6 Å². The number of amides is 3. The van der Waals surface area contributed by atoms with E-state index in [4.69, 9.17) is 0 Å². The summed E-state index contributed by atoms with van der Waals surface area (Å²) in [5.41, 5.74) is 0. The zero-order valence-corrected chi connectivity index (χ0v) is 11.4. The van der Waals surface area contributed by atoms with Gasteiger partial charge in [0.15, 0.2) is 0 Å². The van der Waals surface area contributed by atoms with Crippen molar-refractivity contribution < 1.29 is 9.59 Å². The molecule has 0 aliphatic heterocycles. The Morgan fingerprint density at radius 2 is 1.71 bits per heavy atom. The Labute approximate surface area is 104 Å². The van der Waals surface area contributed by atoms with Gasteiger partial charge < -0.3 is 15.5 Å². The van der Waals surface area contributed by atoms with Crippen molar-refractivity contribution in [3.05, 3.63) is 0 Å². The Kier molecular flexibility index (Phi) is 8.19. The van der Waals surface area contributed by atoms with Crippen LogP contribution in [0, 0.1) is 5.92 Å². The third kappa shape index (κ3) is 7.60. The van der Waals surface area contributed by atoms with E-state index < -0.39 is 0 Å². The lowest BCUT2D eigenvalue weighted by Crippen LogP contribution is -2.41. The van der Waals surface area contributed by atoms with E-state index in [1.54, 1.807) is 4.90 Å². The largest absolute Gasteiger partial charge is 0.356 e. The van der Waals surface area contributed by atoms with Gasteiger partial charge in [-0.1, -0.05) is 13.8 Å². The predicted molar refractivity (Wildman–Crippen MR) is 68.8 cm³/mol. The first-order chi connectivity index (χ1) is 8.01. The molecule has 0 saturated carbocycles. The highest BCUT2D eigenvalue weighted by atomic mass is 16.2. The molecule has 0 fully saturated rings. The number of urea groups is 1. The highest BCUT2D eigenvalue weighted by molar-refractivity contribution is 5.78. The zero-order valence-electron chi connectivity index (χ0n) is 11.4. The van der Waals surface area contributed by atoms with Gasteiger partial charge in [0.2, 0.25) is 5.91 Å². The predicted octanol–water partition coefficient (Wildman–Crippen LogP) is 1.20. The summed E-state index contributed by atoms with van der Waals surface area (Å²) in [4.78, 5) is 24.6. The first kappa shape index (κ1) is 15.7. The van der Waals surface area contributed by atoms with Gasteiger partial charge in [0.1, 0.15) is 0 Å². The monoisotopic (exact) mass is 243 g/mol. The molecule has 5 heteroatoms. The Bertz CT molecular complexity index is 238. The number of carbonyl (C=O) groups excluding carboxylic acids is 2. The molecule has 2 N–H and O–H groups in total. The smallest absolute Gasteiger partial charge is 0.317 e. The van der Waals surface area contributed by atoms with Crippen molar-refractivity contribution in [2.24, 2.45) is 5.92 Å². The van der Waals surface area contributed by atoms with Crippen molar-refractivity contribution in [2.75, 3.05) is 26.2 Å². The summed E-state index contributed by atoms with van der Waals surface area (Å²) >= 11 is 0. The third-order valence-corrected chi connectivity index (χ3v) is 2.39. The Morgan fingerprint density at radius 1 is 1.12 bits per heavy atom. The fraction of sp³-hybridized carbons (Fsp3) is 0.833. The van der Waals surface area contributed by atoms with Crippen LogP contribution in [0.5, 0.6) is 0 Å². The SMILES string of the molecule is CCN(CC)C(=O)NCCC(=O)NCC(C)C. The van der Waals surface area contributed by atoms with Gasteiger partial charge in [0, 0.05) is 32.6 Å². The second kappa shape index (κ2) is 8.84. The normalized spacial score (nSPS) is 10.2. The van der Waals surface area contributed by atoms with Crippen molar-refractivity contribution in [2.45, 2.75) is 34.1 Å². The summed E-state index contributed by atoms with van der Waals surface area (Å²) in [6.45, 7) is 10.4. The minimum absolute atomic E-state index is 0.0152. The summed E-state index contributed by atoms with van der Waals surface area (Å²) in [6, 6.07) is -0.105. The maximum absolute atomic E-state index is 11.5. The molecular weight excluding hydrogens is 218 g/mol. The van der Waals surface area contributed by atoms with Gasteiger partial charge in [-0.3, -0.25) is 4.79 Å².